The maximum atomic E-state index is 12.4. The van der Waals surface area contributed by atoms with Crippen LogP contribution in [0.2, 0.25) is 10.0 Å². The third-order valence-corrected chi connectivity index (χ3v) is 5.54. The summed E-state index contributed by atoms with van der Waals surface area (Å²) in [6, 6.07) is 6.77. The Kier molecular flexibility index (Phi) is 4.75. The normalized spacial score (nSPS) is 15.8. The van der Waals surface area contributed by atoms with Crippen LogP contribution in [0.1, 0.15) is 5.69 Å². The van der Waals surface area contributed by atoms with E-state index in [2.05, 4.69) is 20.3 Å². The molecule has 0 amide bonds. The van der Waals surface area contributed by atoms with Crippen LogP contribution < -0.4 is 10.9 Å². The van der Waals surface area contributed by atoms with Crippen molar-refractivity contribution in [3.63, 3.8) is 0 Å². The van der Waals surface area contributed by atoms with E-state index in [4.69, 9.17) is 23.2 Å². The number of benzene rings is 1. The summed E-state index contributed by atoms with van der Waals surface area (Å²) < 4.78 is 1.33. The largest absolute Gasteiger partial charge is 0.314 e. The van der Waals surface area contributed by atoms with Crippen molar-refractivity contribution in [3.05, 3.63) is 50.4 Å². The Bertz CT molecular complexity index is 980. The van der Waals surface area contributed by atoms with Crippen molar-refractivity contribution in [2.45, 2.75) is 6.54 Å². The van der Waals surface area contributed by atoms with Crippen LogP contribution >= 0.6 is 34.5 Å². The van der Waals surface area contributed by atoms with Gasteiger partial charge in [-0.1, -0.05) is 34.5 Å². The summed E-state index contributed by atoms with van der Waals surface area (Å²) in [5.41, 5.74) is 1.33. The number of nitrogens with one attached hydrogen (secondary N) is 1. The fourth-order valence-electron chi connectivity index (χ4n) is 2.81. The van der Waals surface area contributed by atoms with Crippen LogP contribution in [0.4, 0.5) is 0 Å². The molecule has 1 aliphatic rings. The molecule has 1 N–H and O–H groups in total. The first kappa shape index (κ1) is 16.9. The van der Waals surface area contributed by atoms with Crippen LogP contribution in [0.15, 0.2) is 29.1 Å². The molecule has 0 atom stereocenters. The van der Waals surface area contributed by atoms with Gasteiger partial charge < -0.3 is 5.32 Å². The van der Waals surface area contributed by atoms with Gasteiger partial charge in [0.1, 0.15) is 5.01 Å². The molecule has 3 heterocycles. The fraction of sp³-hybridized carbons (Fsp3) is 0.312. The third kappa shape index (κ3) is 3.56. The van der Waals surface area contributed by atoms with Crippen LogP contribution in [0.5, 0.6) is 0 Å². The second-order valence-electron chi connectivity index (χ2n) is 5.84. The summed E-state index contributed by atoms with van der Waals surface area (Å²) in [4.78, 5) is 19.9. The van der Waals surface area contributed by atoms with Crippen molar-refractivity contribution in [2.75, 3.05) is 26.2 Å². The van der Waals surface area contributed by atoms with Gasteiger partial charge in [-0.15, -0.1) is 0 Å². The van der Waals surface area contributed by atoms with Crippen molar-refractivity contribution in [1.29, 1.82) is 0 Å². The molecular weight excluding hydrogens is 381 g/mol. The van der Waals surface area contributed by atoms with Crippen molar-refractivity contribution in [3.8, 4) is 10.6 Å². The quantitative estimate of drug-likeness (QED) is 0.737. The van der Waals surface area contributed by atoms with Crippen molar-refractivity contribution in [1.82, 2.24) is 24.8 Å². The van der Waals surface area contributed by atoms with E-state index in [0.717, 1.165) is 37.4 Å². The van der Waals surface area contributed by atoms with Gasteiger partial charge in [0, 0.05) is 49.4 Å². The molecule has 0 saturated carbocycles. The predicted octanol–water partition coefficient (Wildman–Crippen LogP) is 2.53. The number of fused-ring (bicyclic) bond motifs is 1. The molecule has 6 nitrogen and oxygen atoms in total. The van der Waals surface area contributed by atoms with Gasteiger partial charge in [-0.2, -0.15) is 9.61 Å². The van der Waals surface area contributed by atoms with E-state index in [1.807, 2.05) is 0 Å². The predicted molar refractivity (Wildman–Crippen MR) is 101 cm³/mol. The average molecular weight is 396 g/mol. The van der Waals surface area contributed by atoms with Gasteiger partial charge in [-0.05, 0) is 18.2 Å². The molecule has 2 aromatic heterocycles. The van der Waals surface area contributed by atoms with Gasteiger partial charge in [0.15, 0.2) is 0 Å². The molecule has 4 rings (SSSR count). The molecule has 0 bridgehead atoms. The van der Waals surface area contributed by atoms with Crippen LogP contribution in [-0.4, -0.2) is 45.7 Å². The molecule has 1 aliphatic heterocycles. The number of piperazine rings is 1. The lowest BCUT2D eigenvalue weighted by atomic mass is 10.2. The molecule has 0 aliphatic carbocycles. The van der Waals surface area contributed by atoms with E-state index in [1.54, 1.807) is 24.3 Å². The molecule has 3 aromatic rings. The molecule has 1 aromatic carbocycles. The lowest BCUT2D eigenvalue weighted by Crippen LogP contribution is -2.43. The van der Waals surface area contributed by atoms with E-state index in [-0.39, 0.29) is 5.56 Å². The smallest absolute Gasteiger partial charge is 0.275 e. The van der Waals surface area contributed by atoms with Gasteiger partial charge >= 0.3 is 0 Å². The Morgan fingerprint density at radius 2 is 2.00 bits per heavy atom. The van der Waals surface area contributed by atoms with E-state index in [1.165, 1.54) is 15.9 Å². The summed E-state index contributed by atoms with van der Waals surface area (Å²) in [6.45, 7) is 4.50. The van der Waals surface area contributed by atoms with Crippen molar-refractivity contribution < 1.29 is 0 Å². The molecular formula is C16H15Cl2N5OS. The Balaban J connectivity index is 1.70. The number of nitrogens with zero attached hydrogens (tertiary/aromatic N) is 4. The molecule has 25 heavy (non-hydrogen) atoms. The lowest BCUT2D eigenvalue weighted by molar-refractivity contribution is 0.231. The number of aromatic nitrogens is 3. The topological polar surface area (TPSA) is 62.5 Å². The van der Waals surface area contributed by atoms with E-state index < -0.39 is 0 Å². The highest BCUT2D eigenvalue weighted by Crippen LogP contribution is 2.32. The van der Waals surface area contributed by atoms with Gasteiger partial charge in [0.25, 0.3) is 5.56 Å². The Labute approximate surface area is 158 Å². The monoisotopic (exact) mass is 395 g/mol. The SMILES string of the molecule is O=c1cc(CN2CCNCC2)nc2sc(-c3ccc(Cl)cc3Cl)nn12. The molecule has 0 unspecified atom stereocenters. The van der Waals surface area contributed by atoms with E-state index >= 15 is 0 Å². The van der Waals surface area contributed by atoms with Gasteiger partial charge in [-0.3, -0.25) is 9.69 Å². The Hall–Kier alpha value is -1.51. The van der Waals surface area contributed by atoms with Crippen LogP contribution in [0.3, 0.4) is 0 Å². The molecule has 130 valence electrons. The number of rotatable bonds is 3. The standard InChI is InChI=1S/C16H15Cl2N5OS/c17-10-1-2-12(13(18)7-10)15-21-23-14(24)8-11(20-16(23)25-15)9-22-5-3-19-4-6-22/h1-2,7-8,19H,3-6,9H2. The molecule has 1 fully saturated rings. The first-order valence-electron chi connectivity index (χ1n) is 7.88. The second kappa shape index (κ2) is 7.01. The molecule has 9 heteroatoms. The van der Waals surface area contributed by atoms with Crippen LogP contribution in [-0.2, 0) is 6.54 Å². The molecule has 0 spiro atoms. The van der Waals surface area contributed by atoms with E-state index in [0.29, 0.717) is 26.6 Å². The zero-order chi connectivity index (χ0) is 17.4. The Morgan fingerprint density at radius 3 is 2.76 bits per heavy atom. The summed E-state index contributed by atoms with van der Waals surface area (Å²) in [5.74, 6) is 0. The van der Waals surface area contributed by atoms with Gasteiger partial charge in [-0.25, -0.2) is 4.98 Å². The average Bonchev–Trinajstić information content (AvgIpc) is 3.00. The minimum Gasteiger partial charge on any atom is -0.314 e. The zero-order valence-corrected chi connectivity index (χ0v) is 15.5. The number of hydrogen-bond acceptors (Lipinski definition) is 6. The highest BCUT2D eigenvalue weighted by atomic mass is 35.5. The summed E-state index contributed by atoms with van der Waals surface area (Å²) >= 11 is 13.5. The summed E-state index contributed by atoms with van der Waals surface area (Å²) in [7, 11) is 0. The lowest BCUT2D eigenvalue weighted by Gasteiger charge is -2.26. The summed E-state index contributed by atoms with van der Waals surface area (Å²) in [5, 5.41) is 9.39. The maximum Gasteiger partial charge on any atom is 0.275 e. The van der Waals surface area contributed by atoms with Crippen molar-refractivity contribution in [2.24, 2.45) is 0 Å². The van der Waals surface area contributed by atoms with Gasteiger partial charge in [0.05, 0.1) is 10.7 Å². The van der Waals surface area contributed by atoms with Crippen molar-refractivity contribution >= 4 is 39.5 Å². The Morgan fingerprint density at radius 1 is 1.20 bits per heavy atom. The maximum absolute atomic E-state index is 12.4. The highest BCUT2D eigenvalue weighted by molar-refractivity contribution is 7.19. The minimum atomic E-state index is -0.178. The number of halogens is 2. The first-order valence-corrected chi connectivity index (χ1v) is 9.46. The minimum absolute atomic E-state index is 0.178. The molecule has 1 saturated heterocycles. The van der Waals surface area contributed by atoms with E-state index in [9.17, 15) is 4.79 Å². The zero-order valence-electron chi connectivity index (χ0n) is 13.2. The fourth-order valence-corrected chi connectivity index (χ4v) is 4.32. The van der Waals surface area contributed by atoms with Crippen LogP contribution in [0.25, 0.3) is 15.5 Å². The highest BCUT2D eigenvalue weighted by Gasteiger charge is 2.15. The third-order valence-electron chi connectivity index (χ3n) is 4.05. The van der Waals surface area contributed by atoms with Crippen LogP contribution in [0, 0.1) is 0 Å². The second-order valence-corrected chi connectivity index (χ2v) is 7.64. The first-order chi connectivity index (χ1) is 12.1. The number of hydrogen-bond donors (Lipinski definition) is 1. The molecule has 0 radical (unpaired) electrons. The van der Waals surface area contributed by atoms with Gasteiger partial charge in [0.2, 0.25) is 4.96 Å². The summed E-state index contributed by atoms with van der Waals surface area (Å²) in [6.07, 6.45) is 0.